The molecule has 0 saturated heterocycles. The van der Waals surface area contributed by atoms with Crippen LogP contribution in [0.25, 0.3) is 0 Å². The Bertz CT molecular complexity index is 1240. The molecular weight excluding hydrogens is 488 g/mol. The van der Waals surface area contributed by atoms with E-state index in [0.29, 0.717) is 0 Å². The molecule has 0 radical (unpaired) electrons. The lowest BCUT2D eigenvalue weighted by Gasteiger charge is -2.15. The molecule has 2 aromatic carbocycles. The van der Waals surface area contributed by atoms with E-state index in [9.17, 15) is 43.5 Å². The summed E-state index contributed by atoms with van der Waals surface area (Å²) in [4.78, 5) is 6.13. The van der Waals surface area contributed by atoms with Crippen LogP contribution in [0.1, 0.15) is 16.8 Å². The van der Waals surface area contributed by atoms with Crippen molar-refractivity contribution >= 4 is 9.84 Å². The Hall–Kier alpha value is -3.29. The van der Waals surface area contributed by atoms with E-state index in [2.05, 4.69) is 9.97 Å². The quantitative estimate of drug-likeness (QED) is 0.431. The van der Waals surface area contributed by atoms with Crippen LogP contribution in [0.4, 0.5) is 35.1 Å². The minimum atomic E-state index is -5.19. The zero-order chi connectivity index (χ0) is 24.6. The summed E-state index contributed by atoms with van der Waals surface area (Å²) in [5.74, 6) is -6.12. The number of aromatic nitrogens is 2. The zero-order valence-corrected chi connectivity index (χ0v) is 16.7. The summed E-state index contributed by atoms with van der Waals surface area (Å²) in [5.41, 5.74) is -3.51. The number of hydrogen-bond donors (Lipinski definition) is 0. The molecule has 33 heavy (non-hydrogen) atoms. The van der Waals surface area contributed by atoms with Crippen LogP contribution in [-0.4, -0.2) is 18.4 Å². The van der Waals surface area contributed by atoms with Crippen LogP contribution in [-0.2, 0) is 27.9 Å². The summed E-state index contributed by atoms with van der Waals surface area (Å²) in [6.45, 7) is 0. The average molecular weight is 498 g/mol. The molecule has 5 nitrogen and oxygen atoms in total. The highest BCUT2D eigenvalue weighted by Crippen LogP contribution is 2.40. The minimum Gasteiger partial charge on any atom is -0.454 e. The lowest BCUT2D eigenvalue weighted by atomic mass is 10.1. The van der Waals surface area contributed by atoms with Gasteiger partial charge in [0, 0.05) is 12.3 Å². The Morgan fingerprint density at radius 1 is 0.848 bits per heavy atom. The molecule has 0 aliphatic rings. The Kier molecular flexibility index (Phi) is 6.33. The van der Waals surface area contributed by atoms with Gasteiger partial charge in [-0.2, -0.15) is 26.3 Å². The van der Waals surface area contributed by atoms with Gasteiger partial charge in [-0.1, -0.05) is 0 Å². The zero-order valence-electron chi connectivity index (χ0n) is 15.9. The molecule has 0 aliphatic heterocycles. The minimum absolute atomic E-state index is 0.0335. The standard InChI is InChI=1S/C19H10F8N2O3S/c20-14-7-17(33(30,31)8-12-1-2-28-9-29-12)15(21)6-16(14)32-13-4-10(18(22,23)24)3-11(5-13)19(25,26)27/h1-7,9H,8H2. The number of benzene rings is 2. The van der Waals surface area contributed by atoms with Crippen molar-refractivity contribution in [2.45, 2.75) is 23.0 Å². The molecule has 1 heterocycles. The van der Waals surface area contributed by atoms with Gasteiger partial charge in [-0.3, -0.25) is 0 Å². The molecule has 0 bridgehead atoms. The third-order valence-electron chi connectivity index (χ3n) is 4.09. The van der Waals surface area contributed by atoms with E-state index in [4.69, 9.17) is 4.74 Å². The van der Waals surface area contributed by atoms with Gasteiger partial charge < -0.3 is 4.74 Å². The molecule has 0 N–H and O–H groups in total. The van der Waals surface area contributed by atoms with E-state index < -0.39 is 67.1 Å². The van der Waals surface area contributed by atoms with Crippen LogP contribution in [0.2, 0.25) is 0 Å². The fraction of sp³-hybridized carbons (Fsp3) is 0.158. The maximum absolute atomic E-state index is 14.4. The second-order valence-corrected chi connectivity index (χ2v) is 8.47. The fourth-order valence-electron chi connectivity index (χ4n) is 2.62. The Morgan fingerprint density at radius 3 is 1.97 bits per heavy atom. The third-order valence-corrected chi connectivity index (χ3v) is 5.75. The van der Waals surface area contributed by atoms with Gasteiger partial charge >= 0.3 is 12.4 Å². The highest BCUT2D eigenvalue weighted by molar-refractivity contribution is 7.90. The summed E-state index contributed by atoms with van der Waals surface area (Å²) < 4.78 is 136. The van der Waals surface area contributed by atoms with Crippen molar-refractivity contribution in [3.63, 3.8) is 0 Å². The number of nitrogens with zero attached hydrogens (tertiary/aromatic N) is 2. The molecule has 0 aliphatic carbocycles. The number of rotatable bonds is 5. The van der Waals surface area contributed by atoms with Crippen LogP contribution in [0.5, 0.6) is 11.5 Å². The highest BCUT2D eigenvalue weighted by atomic mass is 32.2. The van der Waals surface area contributed by atoms with Crippen LogP contribution >= 0.6 is 0 Å². The number of halogens is 8. The molecule has 0 fully saturated rings. The van der Waals surface area contributed by atoms with Gasteiger partial charge in [-0.25, -0.2) is 27.2 Å². The van der Waals surface area contributed by atoms with Gasteiger partial charge in [-0.15, -0.1) is 0 Å². The first-order valence-corrected chi connectivity index (χ1v) is 10.3. The molecule has 0 spiro atoms. The normalized spacial score (nSPS) is 12.6. The monoisotopic (exact) mass is 498 g/mol. The Labute approximate surface area is 180 Å². The van der Waals surface area contributed by atoms with Gasteiger partial charge in [-0.05, 0) is 30.3 Å². The molecule has 0 atom stereocenters. The van der Waals surface area contributed by atoms with E-state index in [1.165, 1.54) is 12.3 Å². The fourth-order valence-corrected chi connectivity index (χ4v) is 3.97. The second kappa shape index (κ2) is 8.57. The van der Waals surface area contributed by atoms with E-state index in [0.717, 1.165) is 6.33 Å². The molecule has 0 saturated carbocycles. The van der Waals surface area contributed by atoms with Crippen LogP contribution < -0.4 is 4.74 Å². The largest absolute Gasteiger partial charge is 0.454 e. The number of sulfone groups is 1. The lowest BCUT2D eigenvalue weighted by molar-refractivity contribution is -0.143. The molecule has 3 rings (SSSR count). The van der Waals surface area contributed by atoms with Crippen molar-refractivity contribution in [2.75, 3.05) is 0 Å². The van der Waals surface area contributed by atoms with Gasteiger partial charge in [0.15, 0.2) is 21.4 Å². The molecular formula is C19H10F8N2O3S. The van der Waals surface area contributed by atoms with Crippen LogP contribution in [0.3, 0.4) is 0 Å². The van der Waals surface area contributed by atoms with Gasteiger partial charge in [0.2, 0.25) is 0 Å². The number of ether oxygens (including phenoxy) is 1. The lowest BCUT2D eigenvalue weighted by Crippen LogP contribution is -2.11. The van der Waals surface area contributed by atoms with Crippen molar-refractivity contribution in [1.82, 2.24) is 9.97 Å². The van der Waals surface area contributed by atoms with E-state index >= 15 is 0 Å². The van der Waals surface area contributed by atoms with Crippen molar-refractivity contribution in [3.05, 3.63) is 77.4 Å². The maximum atomic E-state index is 14.4. The molecule has 14 heteroatoms. The van der Waals surface area contributed by atoms with Crippen LogP contribution in [0.15, 0.2) is 53.8 Å². The van der Waals surface area contributed by atoms with Crippen LogP contribution in [0, 0.1) is 11.6 Å². The second-order valence-electron chi connectivity index (χ2n) is 6.52. The average Bonchev–Trinajstić information content (AvgIpc) is 2.69. The summed E-state index contributed by atoms with van der Waals surface area (Å²) in [6.07, 6.45) is -8.14. The number of alkyl halides is 6. The summed E-state index contributed by atoms with van der Waals surface area (Å²) >= 11 is 0. The maximum Gasteiger partial charge on any atom is 0.416 e. The van der Waals surface area contributed by atoms with Gasteiger partial charge in [0.25, 0.3) is 0 Å². The molecule has 0 amide bonds. The Morgan fingerprint density at radius 2 is 1.45 bits per heavy atom. The smallest absolute Gasteiger partial charge is 0.416 e. The predicted octanol–water partition coefficient (Wildman–Crippen LogP) is 5.56. The first kappa shape index (κ1) is 24.4. The van der Waals surface area contributed by atoms with E-state index in [1.54, 1.807) is 0 Å². The van der Waals surface area contributed by atoms with Gasteiger partial charge in [0.05, 0.1) is 22.6 Å². The first-order chi connectivity index (χ1) is 15.2. The third kappa shape index (κ3) is 5.74. The molecule has 176 valence electrons. The molecule has 0 unspecified atom stereocenters. The SMILES string of the molecule is O=S(=O)(Cc1ccncn1)c1cc(F)c(Oc2cc(C(F)(F)F)cc(C(F)(F)F)c2)cc1F. The molecule has 1 aromatic heterocycles. The molecule has 3 aromatic rings. The summed E-state index contributed by atoms with van der Waals surface area (Å²) in [5, 5.41) is 0. The van der Waals surface area contributed by atoms with Crippen molar-refractivity contribution < 1.29 is 48.3 Å². The van der Waals surface area contributed by atoms with Crippen molar-refractivity contribution in [1.29, 1.82) is 0 Å². The van der Waals surface area contributed by atoms with Crippen molar-refractivity contribution in [2.24, 2.45) is 0 Å². The van der Waals surface area contributed by atoms with E-state index in [1.807, 2.05) is 0 Å². The topological polar surface area (TPSA) is 69.2 Å². The number of hydrogen-bond acceptors (Lipinski definition) is 5. The van der Waals surface area contributed by atoms with Crippen molar-refractivity contribution in [3.8, 4) is 11.5 Å². The van der Waals surface area contributed by atoms with E-state index in [-0.39, 0.29) is 36.0 Å². The Balaban J connectivity index is 1.99. The summed E-state index contributed by atoms with van der Waals surface area (Å²) in [7, 11) is -4.47. The van der Waals surface area contributed by atoms with Gasteiger partial charge in [0.1, 0.15) is 22.8 Å². The highest BCUT2D eigenvalue weighted by Gasteiger charge is 2.37. The predicted molar refractivity (Wildman–Crippen MR) is 95.8 cm³/mol. The first-order valence-electron chi connectivity index (χ1n) is 8.61. The summed E-state index contributed by atoms with van der Waals surface area (Å²) in [6, 6.07) is 1.77.